The first-order chi connectivity index (χ1) is 27.1. The molecule has 56 heavy (non-hydrogen) atoms. The minimum absolute atomic E-state index is 0.0408. The molecule has 0 fully saturated rings. The van der Waals surface area contributed by atoms with Crippen molar-refractivity contribution >= 4 is 17.9 Å². The van der Waals surface area contributed by atoms with Gasteiger partial charge in [0.2, 0.25) is 0 Å². The van der Waals surface area contributed by atoms with Crippen molar-refractivity contribution in [3.05, 3.63) is 85.1 Å². The molecule has 0 spiro atoms. The van der Waals surface area contributed by atoms with E-state index in [4.69, 9.17) is 14.2 Å². The molecule has 0 heterocycles. The van der Waals surface area contributed by atoms with Crippen LogP contribution in [0.4, 0.5) is 0 Å². The summed E-state index contributed by atoms with van der Waals surface area (Å²) in [4.78, 5) is 36.9. The van der Waals surface area contributed by atoms with Crippen molar-refractivity contribution in [3.8, 4) is 0 Å². The molecule has 1 N–H and O–H groups in total. The number of unbranched alkanes of at least 4 members (excludes halogenated alkanes) is 9. The van der Waals surface area contributed by atoms with E-state index in [0.29, 0.717) is 19.3 Å². The number of likely N-dealkylation sites (N-methyl/N-ethyl adjacent to an activating group) is 1. The molecule has 0 aromatic rings. The molecule has 0 aliphatic heterocycles. The molecule has 2 unspecified atom stereocenters. The Kier molecular flexibility index (Phi) is 36.0. The van der Waals surface area contributed by atoms with Crippen LogP contribution in [0.5, 0.6) is 0 Å². The second-order valence-electron chi connectivity index (χ2n) is 15.2. The Bertz CT molecular complexity index is 1190. The maximum Gasteiger partial charge on any atom is 0.362 e. The summed E-state index contributed by atoms with van der Waals surface area (Å²) in [5.41, 5.74) is 0. The molecule has 0 aliphatic carbocycles. The number of hydrogen-bond acceptors (Lipinski definition) is 6. The number of hydrogen-bond donors (Lipinski definition) is 1. The highest BCUT2D eigenvalue weighted by atomic mass is 16.6. The monoisotopic (exact) mass is 783 g/mol. The molecule has 0 aromatic heterocycles. The lowest BCUT2D eigenvalue weighted by Crippen LogP contribution is -2.50. The molecular formula is C48H80NO7+. The molecule has 2 atom stereocenters. The maximum atomic E-state index is 12.7. The zero-order chi connectivity index (χ0) is 41.4. The highest BCUT2D eigenvalue weighted by Crippen LogP contribution is 2.12. The molecule has 0 radical (unpaired) electrons. The van der Waals surface area contributed by atoms with Gasteiger partial charge in [-0.15, -0.1) is 0 Å². The zero-order valence-electron chi connectivity index (χ0n) is 36.1. The summed E-state index contributed by atoms with van der Waals surface area (Å²) < 4.78 is 17.2. The Balaban J connectivity index is 4.43. The fourth-order valence-corrected chi connectivity index (χ4v) is 5.74. The summed E-state index contributed by atoms with van der Waals surface area (Å²) in [5, 5.41) is 9.61. The van der Waals surface area contributed by atoms with Crippen molar-refractivity contribution in [2.45, 2.75) is 161 Å². The van der Waals surface area contributed by atoms with Gasteiger partial charge in [-0.1, -0.05) is 131 Å². The van der Waals surface area contributed by atoms with Gasteiger partial charge in [-0.3, -0.25) is 9.59 Å². The quantitative estimate of drug-likeness (QED) is 0.0290. The lowest BCUT2D eigenvalue weighted by Gasteiger charge is -2.31. The second kappa shape index (κ2) is 38.4. The number of nitrogens with zero attached hydrogens (tertiary/aromatic N) is 1. The van der Waals surface area contributed by atoms with Crippen LogP contribution >= 0.6 is 0 Å². The number of quaternary nitrogens is 1. The Morgan fingerprint density at radius 1 is 0.536 bits per heavy atom. The lowest BCUT2D eigenvalue weighted by molar-refractivity contribution is -0.887. The van der Waals surface area contributed by atoms with Crippen LogP contribution in [0.1, 0.15) is 149 Å². The minimum Gasteiger partial charge on any atom is -0.477 e. The molecule has 318 valence electrons. The predicted molar refractivity (Wildman–Crippen MR) is 233 cm³/mol. The van der Waals surface area contributed by atoms with Crippen LogP contribution in [0, 0.1) is 0 Å². The van der Waals surface area contributed by atoms with Crippen LogP contribution < -0.4 is 0 Å². The average Bonchev–Trinajstić information content (AvgIpc) is 3.15. The fourth-order valence-electron chi connectivity index (χ4n) is 5.74. The number of carboxylic acids is 1. The third-order valence-electron chi connectivity index (χ3n) is 9.04. The third-order valence-corrected chi connectivity index (χ3v) is 9.04. The molecule has 0 aromatic carbocycles. The summed E-state index contributed by atoms with van der Waals surface area (Å²) in [6, 6.07) is -0.626. The van der Waals surface area contributed by atoms with Gasteiger partial charge < -0.3 is 23.8 Å². The van der Waals surface area contributed by atoms with Crippen molar-refractivity contribution in [2.24, 2.45) is 0 Å². The van der Waals surface area contributed by atoms with E-state index in [1.165, 1.54) is 0 Å². The van der Waals surface area contributed by atoms with E-state index < -0.39 is 18.1 Å². The lowest BCUT2D eigenvalue weighted by atomic mass is 10.1. The van der Waals surface area contributed by atoms with Gasteiger partial charge in [-0.2, -0.15) is 0 Å². The zero-order valence-corrected chi connectivity index (χ0v) is 36.1. The largest absolute Gasteiger partial charge is 0.477 e. The SMILES string of the molecule is CC/C=C/C/C=C/C/C=C/C/C=C/C/C=C/CCCCCCC(=O)OC(COCCC(C(=O)O)[N+](C)(C)C)COC(=O)CCCCCCC/C=C/C/C=C/CC. The Labute approximate surface area is 342 Å². The van der Waals surface area contributed by atoms with Crippen LogP contribution in [0.15, 0.2) is 85.1 Å². The molecule has 8 heteroatoms. The number of allylic oxidation sites excluding steroid dienone is 14. The number of carbonyl (C=O) groups is 3. The topological polar surface area (TPSA) is 99.1 Å². The molecule has 0 rings (SSSR count). The van der Waals surface area contributed by atoms with Crippen molar-refractivity contribution in [3.63, 3.8) is 0 Å². The van der Waals surface area contributed by atoms with Crippen LogP contribution in [0.25, 0.3) is 0 Å². The summed E-state index contributed by atoms with van der Waals surface area (Å²) in [6.45, 7) is 4.45. The van der Waals surface area contributed by atoms with E-state index in [-0.39, 0.29) is 36.2 Å². The second-order valence-corrected chi connectivity index (χ2v) is 15.2. The Hall–Kier alpha value is -3.49. The van der Waals surface area contributed by atoms with Gasteiger partial charge in [0, 0.05) is 19.3 Å². The van der Waals surface area contributed by atoms with E-state index in [0.717, 1.165) is 116 Å². The Morgan fingerprint density at radius 2 is 0.946 bits per heavy atom. The van der Waals surface area contributed by atoms with Gasteiger partial charge in [0.05, 0.1) is 34.4 Å². The van der Waals surface area contributed by atoms with E-state index >= 15 is 0 Å². The minimum atomic E-state index is -0.886. The summed E-state index contributed by atoms with van der Waals surface area (Å²) >= 11 is 0. The van der Waals surface area contributed by atoms with Crippen LogP contribution in [0.2, 0.25) is 0 Å². The van der Waals surface area contributed by atoms with Crippen LogP contribution in [0.3, 0.4) is 0 Å². The Morgan fingerprint density at radius 3 is 1.39 bits per heavy atom. The predicted octanol–water partition coefficient (Wildman–Crippen LogP) is 11.7. The molecule has 0 aliphatic rings. The van der Waals surface area contributed by atoms with Crippen LogP contribution in [-0.2, 0) is 28.6 Å². The van der Waals surface area contributed by atoms with Crippen molar-refractivity contribution < 1.29 is 38.2 Å². The first kappa shape index (κ1) is 52.5. The van der Waals surface area contributed by atoms with Gasteiger partial charge >= 0.3 is 17.9 Å². The number of rotatable bonds is 37. The van der Waals surface area contributed by atoms with Crippen molar-refractivity contribution in [1.82, 2.24) is 0 Å². The summed E-state index contributed by atoms with van der Waals surface area (Å²) in [5.74, 6) is -1.53. The molecular weight excluding hydrogens is 703 g/mol. The van der Waals surface area contributed by atoms with Gasteiger partial charge in [0.25, 0.3) is 0 Å². The van der Waals surface area contributed by atoms with E-state index in [1.807, 2.05) is 21.1 Å². The smallest absolute Gasteiger partial charge is 0.362 e. The third kappa shape index (κ3) is 36.2. The van der Waals surface area contributed by atoms with Crippen molar-refractivity contribution in [1.29, 1.82) is 0 Å². The maximum absolute atomic E-state index is 12.7. The standard InChI is InChI=1S/C48H79NO7/c1-6-8-10-12-14-16-18-20-21-22-23-24-25-26-27-29-31-33-35-37-39-47(51)56-44(42-54-41-40-45(48(52)53)49(3,4)5)43-55-46(50)38-36-34-32-30-28-19-17-15-13-11-9-7-2/h8-11,14-17,20-21,23-24,26-27,44-45H,6-7,12-13,18-19,22,25,28-43H2,1-5H3/p+1/b10-8+,11-9+,16-14+,17-15+,21-20+,24-23+,27-26+. The first-order valence-corrected chi connectivity index (χ1v) is 21.6. The number of ether oxygens (including phenoxy) is 3. The van der Waals surface area contributed by atoms with Gasteiger partial charge in [0.15, 0.2) is 12.1 Å². The van der Waals surface area contributed by atoms with E-state index in [1.54, 1.807) is 0 Å². The van der Waals surface area contributed by atoms with E-state index in [9.17, 15) is 19.5 Å². The van der Waals surface area contributed by atoms with Gasteiger partial charge in [-0.05, 0) is 83.5 Å². The average molecular weight is 783 g/mol. The molecule has 0 amide bonds. The molecule has 0 saturated carbocycles. The summed E-state index contributed by atoms with van der Waals surface area (Å²) in [7, 11) is 5.50. The normalized spacial score (nSPS) is 13.8. The molecule has 0 bridgehead atoms. The van der Waals surface area contributed by atoms with Crippen molar-refractivity contribution in [2.75, 3.05) is 41.0 Å². The molecule has 0 saturated heterocycles. The summed E-state index contributed by atoms with van der Waals surface area (Å²) in [6.07, 6.45) is 49.1. The number of esters is 2. The van der Waals surface area contributed by atoms with Gasteiger partial charge in [0.1, 0.15) is 6.61 Å². The van der Waals surface area contributed by atoms with Crippen LogP contribution in [-0.4, -0.2) is 80.6 Å². The van der Waals surface area contributed by atoms with E-state index in [2.05, 4.69) is 98.9 Å². The highest BCUT2D eigenvalue weighted by molar-refractivity contribution is 5.72. The first-order valence-electron chi connectivity index (χ1n) is 21.6. The number of aliphatic carboxylic acids is 1. The number of carbonyl (C=O) groups excluding carboxylic acids is 2. The molecule has 8 nitrogen and oxygen atoms in total. The number of carboxylic acid groups (broad SMARTS) is 1. The highest BCUT2D eigenvalue weighted by Gasteiger charge is 2.31. The fraction of sp³-hybridized carbons (Fsp3) is 0.646. The van der Waals surface area contributed by atoms with Gasteiger partial charge in [-0.25, -0.2) is 4.79 Å².